The van der Waals surface area contributed by atoms with E-state index in [1.54, 1.807) is 0 Å². The van der Waals surface area contributed by atoms with Gasteiger partial charge in [0.15, 0.2) is 0 Å². The van der Waals surface area contributed by atoms with Gasteiger partial charge >= 0.3 is 5.97 Å². The number of carbonyl (C=O) groups is 1. The average Bonchev–Trinajstić information content (AvgIpc) is 2.30. The highest BCUT2D eigenvalue weighted by Crippen LogP contribution is 2.36. The zero-order valence-corrected chi connectivity index (χ0v) is 12.3. The zero-order valence-electron chi connectivity index (χ0n) is 11.5. The van der Waals surface area contributed by atoms with E-state index in [1.807, 2.05) is 11.8 Å². The van der Waals surface area contributed by atoms with E-state index in [0.29, 0.717) is 24.3 Å². The zero-order chi connectivity index (χ0) is 13.1. The largest absolute Gasteiger partial charge is 0.481 e. The Morgan fingerprint density at radius 2 is 2.00 bits per heavy atom. The van der Waals surface area contributed by atoms with Crippen molar-refractivity contribution >= 4 is 17.7 Å². The molecular formula is C14H25NO2S. The Hall–Kier alpha value is -0.220. The summed E-state index contributed by atoms with van der Waals surface area (Å²) in [7, 11) is 0. The quantitative estimate of drug-likeness (QED) is 0.857. The van der Waals surface area contributed by atoms with Crippen LogP contribution in [0.15, 0.2) is 0 Å². The third-order valence-corrected chi connectivity index (χ3v) is 5.64. The first kappa shape index (κ1) is 14.2. The van der Waals surface area contributed by atoms with E-state index >= 15 is 0 Å². The summed E-state index contributed by atoms with van der Waals surface area (Å²) in [6.07, 6.45) is 4.25. The van der Waals surface area contributed by atoms with Gasteiger partial charge in [-0.3, -0.25) is 9.69 Å². The molecule has 0 radical (unpaired) electrons. The van der Waals surface area contributed by atoms with Crippen molar-refractivity contribution in [3.8, 4) is 0 Å². The van der Waals surface area contributed by atoms with Crippen LogP contribution in [0, 0.1) is 11.8 Å². The molecule has 3 unspecified atom stereocenters. The van der Waals surface area contributed by atoms with Gasteiger partial charge in [0, 0.05) is 30.1 Å². The summed E-state index contributed by atoms with van der Waals surface area (Å²) in [4.78, 5) is 13.5. The normalized spacial score (nSPS) is 38.6. The molecule has 1 N–H and O–H groups in total. The smallest absolute Gasteiger partial charge is 0.304 e. The lowest BCUT2D eigenvalue weighted by atomic mass is 9.77. The number of rotatable bonds is 3. The third-order valence-electron chi connectivity index (χ3n) is 4.55. The van der Waals surface area contributed by atoms with Crippen molar-refractivity contribution in [2.75, 3.05) is 18.1 Å². The molecule has 2 fully saturated rings. The predicted molar refractivity (Wildman–Crippen MR) is 76.0 cm³/mol. The van der Waals surface area contributed by atoms with Crippen LogP contribution >= 0.6 is 11.8 Å². The molecule has 2 aliphatic rings. The van der Waals surface area contributed by atoms with Gasteiger partial charge in [0.05, 0.1) is 6.42 Å². The molecule has 18 heavy (non-hydrogen) atoms. The van der Waals surface area contributed by atoms with Crippen LogP contribution in [0.25, 0.3) is 0 Å². The fraction of sp³-hybridized carbons (Fsp3) is 0.929. The molecule has 1 saturated carbocycles. The van der Waals surface area contributed by atoms with Gasteiger partial charge in [-0.2, -0.15) is 11.8 Å². The maximum Gasteiger partial charge on any atom is 0.304 e. The summed E-state index contributed by atoms with van der Waals surface area (Å²) in [5, 5.41) is 9.08. The molecule has 4 heteroatoms. The molecule has 2 rings (SSSR count). The SMILES string of the molecule is CC1CCCC(C)C1N1CCSCC1CC(=O)O. The van der Waals surface area contributed by atoms with Crippen molar-refractivity contribution in [3.63, 3.8) is 0 Å². The van der Waals surface area contributed by atoms with E-state index in [4.69, 9.17) is 5.11 Å². The lowest BCUT2D eigenvalue weighted by molar-refractivity contribution is -0.138. The monoisotopic (exact) mass is 271 g/mol. The summed E-state index contributed by atoms with van der Waals surface area (Å²) < 4.78 is 0. The molecule has 0 aromatic carbocycles. The van der Waals surface area contributed by atoms with Crippen LogP contribution in [0.1, 0.15) is 39.5 Å². The van der Waals surface area contributed by atoms with Crippen LogP contribution in [-0.4, -0.2) is 46.1 Å². The molecule has 0 aromatic rings. The molecule has 0 aromatic heterocycles. The summed E-state index contributed by atoms with van der Waals surface area (Å²) >= 11 is 1.91. The van der Waals surface area contributed by atoms with Crippen molar-refractivity contribution < 1.29 is 9.90 Å². The molecule has 0 spiro atoms. The first-order valence-corrected chi connectivity index (χ1v) is 8.30. The fourth-order valence-corrected chi connectivity index (χ4v) is 4.84. The van der Waals surface area contributed by atoms with E-state index in [0.717, 1.165) is 18.1 Å². The number of carboxylic acid groups (broad SMARTS) is 1. The van der Waals surface area contributed by atoms with Gasteiger partial charge in [-0.15, -0.1) is 0 Å². The standard InChI is InChI=1S/C14H25NO2S/c1-10-4-3-5-11(2)14(10)15-6-7-18-9-12(15)8-13(16)17/h10-12,14H,3-9H2,1-2H3,(H,16,17). The number of nitrogens with zero attached hydrogens (tertiary/aromatic N) is 1. The van der Waals surface area contributed by atoms with Gasteiger partial charge in [-0.05, 0) is 24.7 Å². The molecule has 104 valence electrons. The van der Waals surface area contributed by atoms with E-state index in [-0.39, 0.29) is 6.04 Å². The van der Waals surface area contributed by atoms with E-state index < -0.39 is 5.97 Å². The number of hydrogen-bond donors (Lipinski definition) is 1. The van der Waals surface area contributed by atoms with Crippen LogP contribution in [0.4, 0.5) is 0 Å². The second-order valence-corrected chi connectivity index (χ2v) is 7.09. The maximum absolute atomic E-state index is 11.0. The Bertz CT molecular complexity index is 288. The number of carboxylic acids is 1. The topological polar surface area (TPSA) is 40.5 Å². The van der Waals surface area contributed by atoms with Crippen LogP contribution < -0.4 is 0 Å². The van der Waals surface area contributed by atoms with Crippen molar-refractivity contribution in [2.24, 2.45) is 11.8 Å². The lowest BCUT2D eigenvalue weighted by Gasteiger charge is -2.47. The molecular weight excluding hydrogens is 246 g/mol. The number of aliphatic carboxylic acids is 1. The predicted octanol–water partition coefficient (Wildman–Crippen LogP) is 2.70. The Balaban J connectivity index is 2.08. The summed E-state index contributed by atoms with van der Waals surface area (Å²) in [6, 6.07) is 0.846. The van der Waals surface area contributed by atoms with Crippen molar-refractivity contribution in [1.82, 2.24) is 4.90 Å². The minimum atomic E-state index is -0.649. The lowest BCUT2D eigenvalue weighted by Crippen LogP contribution is -2.54. The second kappa shape index (κ2) is 6.29. The molecule has 3 nitrogen and oxygen atoms in total. The van der Waals surface area contributed by atoms with Crippen LogP contribution in [0.5, 0.6) is 0 Å². The van der Waals surface area contributed by atoms with Gasteiger partial charge in [0.2, 0.25) is 0 Å². The van der Waals surface area contributed by atoms with E-state index in [1.165, 1.54) is 19.3 Å². The minimum absolute atomic E-state index is 0.245. The number of thioether (sulfide) groups is 1. The Kier molecular flexibility index (Phi) is 4.96. The number of hydrogen-bond acceptors (Lipinski definition) is 3. The molecule has 1 heterocycles. The molecule has 1 aliphatic heterocycles. The maximum atomic E-state index is 11.0. The highest BCUT2D eigenvalue weighted by Gasteiger charge is 2.37. The third kappa shape index (κ3) is 3.21. The van der Waals surface area contributed by atoms with Gasteiger partial charge in [-0.1, -0.05) is 20.3 Å². The van der Waals surface area contributed by atoms with Crippen molar-refractivity contribution in [3.05, 3.63) is 0 Å². The second-order valence-electron chi connectivity index (χ2n) is 5.94. The van der Waals surface area contributed by atoms with Gasteiger partial charge in [0.1, 0.15) is 0 Å². The Labute approximate surface area is 114 Å². The summed E-state index contributed by atoms with van der Waals surface area (Å²) in [6.45, 7) is 5.77. The highest BCUT2D eigenvalue weighted by atomic mass is 32.2. The van der Waals surface area contributed by atoms with Gasteiger partial charge < -0.3 is 5.11 Å². The van der Waals surface area contributed by atoms with Crippen LogP contribution in [0.2, 0.25) is 0 Å². The Morgan fingerprint density at radius 3 is 2.61 bits per heavy atom. The molecule has 3 atom stereocenters. The van der Waals surface area contributed by atoms with Gasteiger partial charge in [-0.25, -0.2) is 0 Å². The first-order valence-electron chi connectivity index (χ1n) is 7.15. The van der Waals surface area contributed by atoms with E-state index in [9.17, 15) is 4.79 Å². The first-order chi connectivity index (χ1) is 8.59. The van der Waals surface area contributed by atoms with E-state index in [2.05, 4.69) is 18.7 Å². The summed E-state index contributed by atoms with van der Waals surface area (Å²) in [5.74, 6) is 2.93. The van der Waals surface area contributed by atoms with Crippen molar-refractivity contribution in [1.29, 1.82) is 0 Å². The minimum Gasteiger partial charge on any atom is -0.481 e. The Morgan fingerprint density at radius 1 is 1.33 bits per heavy atom. The fourth-order valence-electron chi connectivity index (χ4n) is 3.76. The van der Waals surface area contributed by atoms with Gasteiger partial charge in [0.25, 0.3) is 0 Å². The van der Waals surface area contributed by atoms with Crippen LogP contribution in [0.3, 0.4) is 0 Å². The molecule has 0 amide bonds. The van der Waals surface area contributed by atoms with Crippen molar-refractivity contribution in [2.45, 2.75) is 51.6 Å². The van der Waals surface area contributed by atoms with Crippen LogP contribution in [-0.2, 0) is 4.79 Å². The molecule has 1 saturated heterocycles. The highest BCUT2D eigenvalue weighted by molar-refractivity contribution is 7.99. The molecule has 0 bridgehead atoms. The summed E-state index contributed by atoms with van der Waals surface area (Å²) in [5.41, 5.74) is 0. The molecule has 1 aliphatic carbocycles. The average molecular weight is 271 g/mol.